The number of benzene rings is 1. The summed E-state index contributed by atoms with van der Waals surface area (Å²) in [5.41, 5.74) is 1.76. The summed E-state index contributed by atoms with van der Waals surface area (Å²) in [5, 5.41) is 18.3. The van der Waals surface area contributed by atoms with Crippen LogP contribution in [0, 0.1) is 11.3 Å². The molecule has 0 amide bonds. The summed E-state index contributed by atoms with van der Waals surface area (Å²) >= 11 is 1.35. The van der Waals surface area contributed by atoms with E-state index < -0.39 is 5.97 Å². The Morgan fingerprint density at radius 3 is 2.95 bits per heavy atom. The van der Waals surface area contributed by atoms with Crippen LogP contribution in [0.2, 0.25) is 0 Å². The second kappa shape index (κ2) is 6.03. The molecule has 0 fully saturated rings. The van der Waals surface area contributed by atoms with E-state index in [1.807, 2.05) is 12.1 Å². The fourth-order valence-electron chi connectivity index (χ4n) is 1.55. The third kappa shape index (κ3) is 3.33. The zero-order chi connectivity index (χ0) is 13.7. The van der Waals surface area contributed by atoms with Gasteiger partial charge in [-0.3, -0.25) is 0 Å². The summed E-state index contributed by atoms with van der Waals surface area (Å²) in [6, 6.07) is 12.4. The average molecular weight is 270 g/mol. The lowest BCUT2D eigenvalue weighted by atomic mass is 10.2. The Hall–Kier alpha value is -2.32. The van der Waals surface area contributed by atoms with E-state index in [-0.39, 0.29) is 5.56 Å². The predicted molar refractivity (Wildman–Crippen MR) is 71.9 cm³/mol. The molecule has 1 aromatic heterocycles. The third-order valence-electron chi connectivity index (χ3n) is 2.43. The monoisotopic (exact) mass is 270 g/mol. The van der Waals surface area contributed by atoms with E-state index >= 15 is 0 Å². The second-order valence-electron chi connectivity index (χ2n) is 3.76. The normalized spacial score (nSPS) is 9.84. The number of nitrogens with zero attached hydrogens (tertiary/aromatic N) is 2. The van der Waals surface area contributed by atoms with E-state index in [2.05, 4.69) is 11.1 Å². The number of carbonyl (C=O) groups is 1. The van der Waals surface area contributed by atoms with Crippen LogP contribution >= 0.6 is 11.8 Å². The van der Waals surface area contributed by atoms with Crippen molar-refractivity contribution in [1.29, 1.82) is 5.26 Å². The number of carboxylic acid groups (broad SMARTS) is 1. The highest BCUT2D eigenvalue weighted by Crippen LogP contribution is 2.24. The van der Waals surface area contributed by atoms with Crippen LogP contribution in [0.4, 0.5) is 0 Å². The van der Waals surface area contributed by atoms with Gasteiger partial charge in [0.05, 0.1) is 17.2 Å². The Kier molecular flexibility index (Phi) is 4.16. The Morgan fingerprint density at radius 2 is 2.21 bits per heavy atom. The quantitative estimate of drug-likeness (QED) is 0.864. The van der Waals surface area contributed by atoms with Crippen LogP contribution in [-0.4, -0.2) is 16.1 Å². The SMILES string of the molecule is N#Cc1cccc(CSc2ncccc2C(=O)O)c1. The highest BCUT2D eigenvalue weighted by Gasteiger charge is 2.10. The summed E-state index contributed by atoms with van der Waals surface area (Å²) in [4.78, 5) is 15.1. The summed E-state index contributed by atoms with van der Waals surface area (Å²) in [6.07, 6.45) is 1.57. The number of rotatable bonds is 4. The van der Waals surface area contributed by atoms with Gasteiger partial charge in [-0.25, -0.2) is 9.78 Å². The maximum absolute atomic E-state index is 11.0. The molecule has 0 radical (unpaired) electrons. The summed E-state index contributed by atoms with van der Waals surface area (Å²) in [7, 11) is 0. The van der Waals surface area contributed by atoms with Crippen molar-refractivity contribution in [3.05, 3.63) is 59.3 Å². The van der Waals surface area contributed by atoms with Gasteiger partial charge in [0.15, 0.2) is 0 Å². The van der Waals surface area contributed by atoms with Gasteiger partial charge in [-0.1, -0.05) is 12.1 Å². The smallest absolute Gasteiger partial charge is 0.338 e. The van der Waals surface area contributed by atoms with Gasteiger partial charge in [-0.15, -0.1) is 11.8 Å². The predicted octanol–water partition coefficient (Wildman–Crippen LogP) is 2.94. The fourth-order valence-corrected chi connectivity index (χ4v) is 2.48. The molecule has 0 bridgehead atoms. The van der Waals surface area contributed by atoms with Gasteiger partial charge in [0.25, 0.3) is 0 Å². The van der Waals surface area contributed by atoms with E-state index in [4.69, 9.17) is 10.4 Å². The number of pyridine rings is 1. The standard InChI is InChI=1S/C14H10N2O2S/c15-8-10-3-1-4-11(7-10)9-19-13-12(14(17)18)5-2-6-16-13/h1-7H,9H2,(H,17,18). The van der Waals surface area contributed by atoms with Crippen LogP contribution < -0.4 is 0 Å². The first-order valence-electron chi connectivity index (χ1n) is 5.51. The fraction of sp³-hybridized carbons (Fsp3) is 0.0714. The minimum Gasteiger partial charge on any atom is -0.478 e. The van der Waals surface area contributed by atoms with E-state index in [1.54, 1.807) is 24.4 Å². The van der Waals surface area contributed by atoms with Crippen LogP contribution in [0.3, 0.4) is 0 Å². The Bertz CT molecular complexity index is 650. The first-order valence-corrected chi connectivity index (χ1v) is 6.49. The molecule has 0 atom stereocenters. The molecule has 0 aliphatic heterocycles. The summed E-state index contributed by atoms with van der Waals surface area (Å²) in [6.45, 7) is 0. The number of nitriles is 1. The zero-order valence-corrected chi connectivity index (χ0v) is 10.7. The van der Waals surface area contributed by atoms with Crippen molar-refractivity contribution < 1.29 is 9.90 Å². The summed E-state index contributed by atoms with van der Waals surface area (Å²) in [5.74, 6) is -0.409. The largest absolute Gasteiger partial charge is 0.478 e. The third-order valence-corrected chi connectivity index (χ3v) is 3.51. The molecule has 94 valence electrons. The number of carboxylic acids is 1. The van der Waals surface area contributed by atoms with Crippen LogP contribution in [0.15, 0.2) is 47.6 Å². The lowest BCUT2D eigenvalue weighted by Crippen LogP contribution is -2.00. The van der Waals surface area contributed by atoms with Crippen molar-refractivity contribution in [2.45, 2.75) is 10.8 Å². The molecule has 0 saturated heterocycles. The van der Waals surface area contributed by atoms with Crippen molar-refractivity contribution in [3.8, 4) is 6.07 Å². The topological polar surface area (TPSA) is 74.0 Å². The second-order valence-corrected chi connectivity index (χ2v) is 4.73. The maximum Gasteiger partial charge on any atom is 0.338 e. The van der Waals surface area contributed by atoms with Crippen LogP contribution in [0.25, 0.3) is 0 Å². The van der Waals surface area contributed by atoms with Gasteiger partial charge in [0.2, 0.25) is 0 Å². The molecule has 4 nitrogen and oxygen atoms in total. The molecule has 0 aliphatic rings. The molecule has 1 aromatic carbocycles. The van der Waals surface area contributed by atoms with Crippen molar-refractivity contribution in [2.24, 2.45) is 0 Å². The van der Waals surface area contributed by atoms with Gasteiger partial charge in [0, 0.05) is 11.9 Å². The Morgan fingerprint density at radius 1 is 1.37 bits per heavy atom. The van der Waals surface area contributed by atoms with Crippen molar-refractivity contribution in [1.82, 2.24) is 4.98 Å². The number of hydrogen-bond acceptors (Lipinski definition) is 4. The molecule has 0 aliphatic carbocycles. The van der Waals surface area contributed by atoms with Crippen LogP contribution in [0.1, 0.15) is 21.5 Å². The molecule has 2 rings (SSSR count). The molecule has 0 unspecified atom stereocenters. The first-order chi connectivity index (χ1) is 9.20. The van der Waals surface area contributed by atoms with E-state index in [9.17, 15) is 4.79 Å². The van der Waals surface area contributed by atoms with Crippen molar-refractivity contribution >= 4 is 17.7 Å². The van der Waals surface area contributed by atoms with E-state index in [1.165, 1.54) is 17.8 Å². The van der Waals surface area contributed by atoms with Gasteiger partial charge in [-0.05, 0) is 29.8 Å². The number of hydrogen-bond donors (Lipinski definition) is 1. The molecule has 5 heteroatoms. The summed E-state index contributed by atoms with van der Waals surface area (Å²) < 4.78 is 0. The van der Waals surface area contributed by atoms with Gasteiger partial charge in [-0.2, -0.15) is 5.26 Å². The van der Waals surface area contributed by atoms with Crippen molar-refractivity contribution in [3.63, 3.8) is 0 Å². The first kappa shape index (κ1) is 13.1. The van der Waals surface area contributed by atoms with Crippen molar-refractivity contribution in [2.75, 3.05) is 0 Å². The van der Waals surface area contributed by atoms with E-state index in [0.29, 0.717) is 16.3 Å². The molecular formula is C14H10N2O2S. The lowest BCUT2D eigenvalue weighted by molar-refractivity contribution is 0.0692. The molecule has 1 N–H and O–H groups in total. The lowest BCUT2D eigenvalue weighted by Gasteiger charge is -2.04. The molecule has 0 spiro atoms. The minimum atomic E-state index is -0.985. The molecule has 1 heterocycles. The van der Waals surface area contributed by atoms with Crippen LogP contribution in [-0.2, 0) is 5.75 Å². The molecule has 0 saturated carbocycles. The molecule has 2 aromatic rings. The maximum atomic E-state index is 11.0. The van der Waals surface area contributed by atoms with E-state index in [0.717, 1.165) is 5.56 Å². The highest BCUT2D eigenvalue weighted by molar-refractivity contribution is 7.98. The average Bonchev–Trinajstić information content (AvgIpc) is 2.45. The minimum absolute atomic E-state index is 0.198. The Balaban J connectivity index is 2.15. The molecular weight excluding hydrogens is 260 g/mol. The van der Waals surface area contributed by atoms with Gasteiger partial charge >= 0.3 is 5.97 Å². The molecule has 19 heavy (non-hydrogen) atoms. The van der Waals surface area contributed by atoms with Crippen LogP contribution in [0.5, 0.6) is 0 Å². The number of aromatic carboxylic acids is 1. The highest BCUT2D eigenvalue weighted by atomic mass is 32.2. The number of thioether (sulfide) groups is 1. The Labute approximate surface area is 114 Å². The number of aromatic nitrogens is 1. The zero-order valence-electron chi connectivity index (χ0n) is 9.91. The van der Waals surface area contributed by atoms with Gasteiger partial charge < -0.3 is 5.11 Å². The van der Waals surface area contributed by atoms with Gasteiger partial charge in [0.1, 0.15) is 5.03 Å².